The van der Waals surface area contributed by atoms with Gasteiger partial charge in [0.05, 0.1) is 11.5 Å². The highest BCUT2D eigenvalue weighted by Gasteiger charge is 2.30. The third kappa shape index (κ3) is 5.50. The topological polar surface area (TPSA) is 126 Å². The number of carbonyl (C=O) groups excluding carboxylic acids is 1. The van der Waals surface area contributed by atoms with E-state index in [0.717, 1.165) is 36.9 Å². The number of hydrogen-bond donors (Lipinski definition) is 1. The van der Waals surface area contributed by atoms with E-state index < -0.39 is 16.0 Å². The van der Waals surface area contributed by atoms with Crippen LogP contribution >= 0.6 is 11.3 Å². The van der Waals surface area contributed by atoms with Gasteiger partial charge in [-0.15, -0.1) is 11.3 Å². The number of hydrogen-bond acceptors (Lipinski definition) is 8. The molecule has 1 saturated carbocycles. The maximum Gasteiger partial charge on any atom is 0.357 e. The summed E-state index contributed by atoms with van der Waals surface area (Å²) in [6, 6.07) is 15.7. The van der Waals surface area contributed by atoms with Gasteiger partial charge in [0.2, 0.25) is 15.2 Å². The van der Waals surface area contributed by atoms with Crippen LogP contribution in [-0.4, -0.2) is 35.8 Å². The van der Waals surface area contributed by atoms with Crippen LogP contribution in [0, 0.1) is 0 Å². The van der Waals surface area contributed by atoms with Crippen LogP contribution in [0.5, 0.6) is 11.5 Å². The minimum atomic E-state index is -3.83. The first-order chi connectivity index (χ1) is 18.3. The normalized spacial score (nSPS) is 14.4. The second kappa shape index (κ2) is 11.1. The molecule has 0 saturated heterocycles. The van der Waals surface area contributed by atoms with Gasteiger partial charge in [0.25, 0.3) is 0 Å². The molecule has 5 rings (SSSR count). The van der Waals surface area contributed by atoms with Gasteiger partial charge in [-0.3, -0.25) is 0 Å². The predicted molar refractivity (Wildman–Crippen MR) is 144 cm³/mol. The highest BCUT2D eigenvalue weighted by atomic mass is 32.2. The molecule has 0 aliphatic heterocycles. The van der Waals surface area contributed by atoms with Crippen molar-refractivity contribution in [3.05, 3.63) is 71.4 Å². The number of thiazole rings is 1. The lowest BCUT2D eigenvalue weighted by atomic mass is 9.86. The fraction of sp³-hybridized carbons (Fsp3) is 0.296. The highest BCUT2D eigenvalue weighted by molar-refractivity contribution is 7.89. The molecule has 0 bridgehead atoms. The van der Waals surface area contributed by atoms with E-state index in [1.807, 2.05) is 30.3 Å². The van der Waals surface area contributed by atoms with E-state index in [2.05, 4.69) is 4.98 Å². The van der Waals surface area contributed by atoms with Crippen LogP contribution in [0.4, 0.5) is 0 Å². The highest BCUT2D eigenvalue weighted by Crippen LogP contribution is 2.45. The van der Waals surface area contributed by atoms with Gasteiger partial charge >= 0.3 is 5.97 Å². The SMILES string of the molecule is CCOC(=O)c1csc(-n2nc(C3CCCCC3)c(Oc3ccc(S(N)(=O)=O)cc3)c2-c2ccccc2)n1. The van der Waals surface area contributed by atoms with E-state index in [9.17, 15) is 13.2 Å². The van der Waals surface area contributed by atoms with Crippen LogP contribution in [-0.2, 0) is 14.8 Å². The second-order valence-corrected chi connectivity index (χ2v) is 11.4. The molecule has 1 aliphatic rings. The van der Waals surface area contributed by atoms with E-state index in [1.165, 1.54) is 29.9 Å². The van der Waals surface area contributed by atoms with Gasteiger partial charge in [-0.2, -0.15) is 5.10 Å². The molecule has 0 radical (unpaired) electrons. The summed E-state index contributed by atoms with van der Waals surface area (Å²) < 4.78 is 36.8. The number of esters is 1. The van der Waals surface area contributed by atoms with Gasteiger partial charge in [-0.25, -0.2) is 28.0 Å². The van der Waals surface area contributed by atoms with Crippen LogP contribution in [0.15, 0.2) is 64.9 Å². The molecular formula is C27H28N4O5S2. The monoisotopic (exact) mass is 552 g/mol. The Bertz CT molecular complexity index is 1520. The number of primary sulfonamides is 1. The molecule has 2 N–H and O–H groups in total. The molecule has 2 aromatic heterocycles. The quantitative estimate of drug-likeness (QED) is 0.280. The Balaban J connectivity index is 1.66. The average molecular weight is 553 g/mol. The first-order valence-electron chi connectivity index (χ1n) is 12.5. The third-order valence-corrected chi connectivity index (χ3v) is 8.18. The van der Waals surface area contributed by atoms with Crippen molar-refractivity contribution in [1.82, 2.24) is 14.8 Å². The molecule has 9 nitrogen and oxygen atoms in total. The first kappa shape index (κ1) is 26.1. The summed E-state index contributed by atoms with van der Waals surface area (Å²) in [5, 5.41) is 12.5. The molecule has 11 heteroatoms. The summed E-state index contributed by atoms with van der Waals surface area (Å²) >= 11 is 1.30. The summed E-state index contributed by atoms with van der Waals surface area (Å²) in [6.07, 6.45) is 5.36. The summed E-state index contributed by atoms with van der Waals surface area (Å²) in [5.41, 5.74) is 2.60. The standard InChI is InChI=1S/C27H28N4O5S2/c1-2-35-26(32)22-17-37-27(29-22)31-24(19-11-7-4-8-12-19)25(23(30-31)18-9-5-3-6-10-18)36-20-13-15-21(16-14-20)38(28,33)34/h4,7-8,11-18H,2-3,5-6,9-10H2,1H3,(H2,28,33,34). The molecule has 0 unspecified atom stereocenters. The number of aromatic nitrogens is 3. The summed E-state index contributed by atoms with van der Waals surface area (Å²) in [4.78, 5) is 16.9. The first-order valence-corrected chi connectivity index (χ1v) is 14.9. The molecule has 1 aliphatic carbocycles. The van der Waals surface area contributed by atoms with Crippen molar-refractivity contribution < 1.29 is 22.7 Å². The molecule has 0 amide bonds. The molecule has 2 heterocycles. The van der Waals surface area contributed by atoms with Crippen molar-refractivity contribution in [2.24, 2.45) is 5.14 Å². The maximum absolute atomic E-state index is 12.3. The van der Waals surface area contributed by atoms with Crippen LogP contribution in [0.3, 0.4) is 0 Å². The van der Waals surface area contributed by atoms with Crippen molar-refractivity contribution in [2.75, 3.05) is 6.61 Å². The van der Waals surface area contributed by atoms with Gasteiger partial charge in [0.1, 0.15) is 17.1 Å². The van der Waals surface area contributed by atoms with Crippen molar-refractivity contribution >= 4 is 27.3 Å². The number of nitrogens with zero attached hydrogens (tertiary/aromatic N) is 3. The Hall–Kier alpha value is -3.54. The zero-order valence-electron chi connectivity index (χ0n) is 20.9. The number of sulfonamides is 1. The fourth-order valence-corrected chi connectivity index (χ4v) is 5.89. The molecule has 2 aromatic carbocycles. The van der Waals surface area contributed by atoms with Gasteiger partial charge in [-0.1, -0.05) is 49.6 Å². The molecule has 0 spiro atoms. The summed E-state index contributed by atoms with van der Waals surface area (Å²) in [7, 11) is -3.83. The van der Waals surface area contributed by atoms with E-state index in [4.69, 9.17) is 19.7 Å². The molecule has 38 heavy (non-hydrogen) atoms. The average Bonchev–Trinajstić information content (AvgIpc) is 3.55. The van der Waals surface area contributed by atoms with Gasteiger partial charge in [-0.05, 0) is 44.0 Å². The van der Waals surface area contributed by atoms with Crippen molar-refractivity contribution in [1.29, 1.82) is 0 Å². The zero-order valence-corrected chi connectivity index (χ0v) is 22.5. The molecule has 1 fully saturated rings. The molecule has 198 valence electrons. The second-order valence-electron chi connectivity index (χ2n) is 9.03. The Morgan fingerprint density at radius 1 is 1.08 bits per heavy atom. The smallest absolute Gasteiger partial charge is 0.357 e. The number of nitrogens with two attached hydrogens (primary N) is 1. The maximum atomic E-state index is 12.3. The lowest BCUT2D eigenvalue weighted by Crippen LogP contribution is -2.11. The third-order valence-electron chi connectivity index (χ3n) is 6.44. The predicted octanol–water partition coefficient (Wildman–Crippen LogP) is 5.66. The van der Waals surface area contributed by atoms with Crippen LogP contribution < -0.4 is 9.88 Å². The van der Waals surface area contributed by atoms with Crippen LogP contribution in [0.25, 0.3) is 16.4 Å². The number of carbonyl (C=O) groups is 1. The fourth-order valence-electron chi connectivity index (χ4n) is 4.63. The van der Waals surface area contributed by atoms with Crippen molar-refractivity contribution in [3.63, 3.8) is 0 Å². The Kier molecular flexibility index (Phi) is 7.59. The van der Waals surface area contributed by atoms with Gasteiger partial charge in [0, 0.05) is 16.9 Å². The Morgan fingerprint density at radius 2 is 1.79 bits per heavy atom. The van der Waals surface area contributed by atoms with Gasteiger partial charge < -0.3 is 9.47 Å². The minimum Gasteiger partial charge on any atom is -0.461 e. The Labute approximate surface area is 225 Å². The number of ether oxygens (including phenoxy) is 2. The number of rotatable bonds is 8. The van der Waals surface area contributed by atoms with E-state index in [1.54, 1.807) is 29.1 Å². The molecule has 4 aromatic rings. The van der Waals surface area contributed by atoms with E-state index in [-0.39, 0.29) is 23.1 Å². The molecule has 0 atom stereocenters. The minimum absolute atomic E-state index is 0.00520. The van der Waals surface area contributed by atoms with Crippen molar-refractivity contribution in [3.8, 4) is 27.9 Å². The van der Waals surface area contributed by atoms with E-state index >= 15 is 0 Å². The Morgan fingerprint density at radius 3 is 2.45 bits per heavy atom. The van der Waals surface area contributed by atoms with Crippen molar-refractivity contribution in [2.45, 2.75) is 49.8 Å². The van der Waals surface area contributed by atoms with Crippen LogP contribution in [0.2, 0.25) is 0 Å². The van der Waals surface area contributed by atoms with E-state index in [0.29, 0.717) is 22.3 Å². The lowest BCUT2D eigenvalue weighted by Gasteiger charge is -2.21. The molecular weight excluding hydrogens is 524 g/mol. The zero-order chi connectivity index (χ0) is 26.7. The summed E-state index contributed by atoms with van der Waals surface area (Å²) in [6.45, 7) is 2.01. The summed E-state index contributed by atoms with van der Waals surface area (Å²) in [5.74, 6) is 0.745. The lowest BCUT2D eigenvalue weighted by molar-refractivity contribution is 0.0520. The number of benzene rings is 2. The van der Waals surface area contributed by atoms with Crippen LogP contribution in [0.1, 0.15) is 61.1 Å². The largest absolute Gasteiger partial charge is 0.461 e. The van der Waals surface area contributed by atoms with Gasteiger partial charge in [0.15, 0.2) is 11.4 Å².